The van der Waals surface area contributed by atoms with E-state index in [2.05, 4.69) is 20.9 Å². The number of fused-ring (bicyclic) bond motifs is 1. The second kappa shape index (κ2) is 5.29. The molecule has 6 heteroatoms. The van der Waals surface area contributed by atoms with Gasteiger partial charge in [0.2, 0.25) is 5.95 Å². The van der Waals surface area contributed by atoms with Crippen molar-refractivity contribution >= 4 is 32.9 Å². The smallest absolute Gasteiger partial charge is 0.206 e. The molecule has 0 saturated carbocycles. The summed E-state index contributed by atoms with van der Waals surface area (Å²) in [6, 6.07) is 11.4. The largest absolute Gasteiger partial charge is 0.495 e. The van der Waals surface area contributed by atoms with Crippen molar-refractivity contribution in [3.8, 4) is 17.2 Å². The van der Waals surface area contributed by atoms with Crippen molar-refractivity contribution < 1.29 is 9.47 Å². The van der Waals surface area contributed by atoms with Gasteiger partial charge in [-0.3, -0.25) is 4.57 Å². The van der Waals surface area contributed by atoms with E-state index < -0.39 is 0 Å². The Morgan fingerprint density at radius 1 is 1.10 bits per heavy atom. The fraction of sp³-hybridized carbons (Fsp3) is 0.133. The van der Waals surface area contributed by atoms with Crippen LogP contribution in [0.5, 0.6) is 11.5 Å². The predicted octanol–water partition coefficient (Wildman–Crippen LogP) is 3.39. The lowest BCUT2D eigenvalue weighted by Crippen LogP contribution is -2.02. The molecule has 0 radical (unpaired) electrons. The number of ether oxygens (including phenoxy) is 2. The first-order chi connectivity index (χ1) is 10.2. The maximum absolute atomic E-state index is 6.11. The first-order valence-corrected chi connectivity index (χ1v) is 7.10. The number of rotatable bonds is 3. The topological polar surface area (TPSA) is 62.3 Å². The summed E-state index contributed by atoms with van der Waals surface area (Å²) in [5, 5.41) is 0. The second-order valence-corrected chi connectivity index (χ2v) is 5.37. The Bertz CT molecular complexity index is 814. The summed E-state index contributed by atoms with van der Waals surface area (Å²) in [5.41, 5.74) is 8.51. The lowest BCUT2D eigenvalue weighted by atomic mass is 10.2. The van der Waals surface area contributed by atoms with Gasteiger partial charge >= 0.3 is 0 Å². The number of anilines is 1. The van der Waals surface area contributed by atoms with Crippen LogP contribution in [0, 0.1) is 0 Å². The minimum absolute atomic E-state index is 0.380. The van der Waals surface area contributed by atoms with Gasteiger partial charge in [-0.1, -0.05) is 22.0 Å². The number of para-hydroxylation sites is 1. The number of nitrogens with two attached hydrogens (primary N) is 1. The lowest BCUT2D eigenvalue weighted by molar-refractivity contribution is 0.413. The van der Waals surface area contributed by atoms with E-state index in [1.165, 1.54) is 0 Å². The van der Waals surface area contributed by atoms with Crippen LogP contribution in [0.3, 0.4) is 0 Å². The Morgan fingerprint density at radius 2 is 1.86 bits per heavy atom. The van der Waals surface area contributed by atoms with Crippen LogP contribution in [0.15, 0.2) is 40.9 Å². The van der Waals surface area contributed by atoms with Crippen molar-refractivity contribution in [3.05, 3.63) is 40.9 Å². The minimum atomic E-state index is 0.380. The number of hydrogen-bond acceptors (Lipinski definition) is 4. The third-order valence-electron chi connectivity index (χ3n) is 3.28. The summed E-state index contributed by atoms with van der Waals surface area (Å²) in [5.74, 6) is 1.78. The van der Waals surface area contributed by atoms with E-state index in [0.29, 0.717) is 17.4 Å². The molecule has 0 bridgehead atoms. The van der Waals surface area contributed by atoms with Gasteiger partial charge in [-0.25, -0.2) is 4.98 Å². The molecule has 0 unspecified atom stereocenters. The number of imidazole rings is 1. The molecule has 0 aliphatic rings. The van der Waals surface area contributed by atoms with Crippen LogP contribution in [0.4, 0.5) is 5.95 Å². The summed E-state index contributed by atoms with van der Waals surface area (Å²) in [7, 11) is 3.24. The number of aromatic nitrogens is 2. The molecule has 5 nitrogen and oxygen atoms in total. The molecule has 1 aromatic heterocycles. The normalized spacial score (nSPS) is 10.8. The monoisotopic (exact) mass is 347 g/mol. The van der Waals surface area contributed by atoms with E-state index >= 15 is 0 Å². The van der Waals surface area contributed by atoms with Gasteiger partial charge in [-0.05, 0) is 30.3 Å². The van der Waals surface area contributed by atoms with E-state index in [-0.39, 0.29) is 0 Å². The van der Waals surface area contributed by atoms with Crippen LogP contribution in [-0.2, 0) is 0 Å². The Balaban J connectivity index is 2.35. The fourth-order valence-corrected chi connectivity index (χ4v) is 2.70. The molecule has 21 heavy (non-hydrogen) atoms. The average molecular weight is 348 g/mol. The van der Waals surface area contributed by atoms with Crippen LogP contribution in [0.25, 0.3) is 16.7 Å². The molecule has 0 spiro atoms. The molecule has 0 fully saturated rings. The van der Waals surface area contributed by atoms with Crippen molar-refractivity contribution in [1.29, 1.82) is 0 Å². The predicted molar refractivity (Wildman–Crippen MR) is 86.3 cm³/mol. The number of benzene rings is 2. The van der Waals surface area contributed by atoms with Gasteiger partial charge in [-0.2, -0.15) is 0 Å². The first kappa shape index (κ1) is 13.8. The maximum atomic E-state index is 6.11. The SMILES string of the molecule is COc1ccc(Br)cc1-n1c(N)nc2c(OC)cccc21. The highest BCUT2D eigenvalue weighted by Gasteiger charge is 2.16. The molecule has 108 valence electrons. The second-order valence-electron chi connectivity index (χ2n) is 4.45. The van der Waals surface area contributed by atoms with Crippen LogP contribution in [-0.4, -0.2) is 23.8 Å². The van der Waals surface area contributed by atoms with Crippen LogP contribution < -0.4 is 15.2 Å². The first-order valence-electron chi connectivity index (χ1n) is 6.30. The summed E-state index contributed by atoms with van der Waals surface area (Å²) < 4.78 is 13.5. The van der Waals surface area contributed by atoms with Crippen molar-refractivity contribution in [1.82, 2.24) is 9.55 Å². The number of halogens is 1. The van der Waals surface area contributed by atoms with E-state index in [0.717, 1.165) is 21.2 Å². The van der Waals surface area contributed by atoms with E-state index in [1.54, 1.807) is 14.2 Å². The van der Waals surface area contributed by atoms with Gasteiger partial charge in [0.05, 0.1) is 25.4 Å². The quantitative estimate of drug-likeness (QED) is 0.788. The van der Waals surface area contributed by atoms with Crippen LogP contribution in [0.1, 0.15) is 0 Å². The van der Waals surface area contributed by atoms with Gasteiger partial charge < -0.3 is 15.2 Å². The van der Waals surface area contributed by atoms with Crippen molar-refractivity contribution in [2.75, 3.05) is 20.0 Å². The molecule has 2 N–H and O–H groups in total. The zero-order valence-electron chi connectivity index (χ0n) is 11.6. The highest BCUT2D eigenvalue weighted by atomic mass is 79.9. The Hall–Kier alpha value is -2.21. The van der Waals surface area contributed by atoms with Crippen molar-refractivity contribution in [2.45, 2.75) is 0 Å². The molecule has 0 saturated heterocycles. The molecule has 3 aromatic rings. The summed E-state index contributed by atoms with van der Waals surface area (Å²) >= 11 is 3.47. The molecule has 0 amide bonds. The molecule has 3 rings (SSSR count). The zero-order chi connectivity index (χ0) is 15.0. The average Bonchev–Trinajstić information content (AvgIpc) is 2.82. The number of methoxy groups -OCH3 is 2. The Morgan fingerprint density at radius 3 is 2.57 bits per heavy atom. The van der Waals surface area contributed by atoms with Gasteiger partial charge in [0, 0.05) is 4.47 Å². The van der Waals surface area contributed by atoms with Gasteiger partial charge in [0.25, 0.3) is 0 Å². The summed E-state index contributed by atoms with van der Waals surface area (Å²) in [6.45, 7) is 0. The number of nitrogens with zero attached hydrogens (tertiary/aromatic N) is 2. The highest BCUT2D eigenvalue weighted by Crippen LogP contribution is 2.34. The third kappa shape index (κ3) is 2.21. The van der Waals surface area contributed by atoms with E-state index in [1.807, 2.05) is 41.0 Å². The van der Waals surface area contributed by atoms with Crippen LogP contribution >= 0.6 is 15.9 Å². The van der Waals surface area contributed by atoms with Crippen molar-refractivity contribution in [2.24, 2.45) is 0 Å². The molecular weight excluding hydrogens is 334 g/mol. The fourth-order valence-electron chi connectivity index (χ4n) is 2.35. The Kier molecular flexibility index (Phi) is 3.47. The Labute approximate surface area is 130 Å². The molecule has 0 aliphatic heterocycles. The number of nitrogen functional groups attached to an aromatic ring is 1. The van der Waals surface area contributed by atoms with Gasteiger partial charge in [0.15, 0.2) is 0 Å². The molecule has 2 aromatic carbocycles. The van der Waals surface area contributed by atoms with E-state index in [4.69, 9.17) is 15.2 Å². The van der Waals surface area contributed by atoms with Crippen molar-refractivity contribution in [3.63, 3.8) is 0 Å². The zero-order valence-corrected chi connectivity index (χ0v) is 13.2. The summed E-state index contributed by atoms with van der Waals surface area (Å²) in [4.78, 5) is 4.41. The highest BCUT2D eigenvalue weighted by molar-refractivity contribution is 9.10. The minimum Gasteiger partial charge on any atom is -0.495 e. The van der Waals surface area contributed by atoms with Gasteiger partial charge in [0.1, 0.15) is 17.0 Å². The molecular formula is C15H14BrN3O2. The lowest BCUT2D eigenvalue weighted by Gasteiger charge is -2.12. The molecule has 0 atom stereocenters. The number of hydrogen-bond donors (Lipinski definition) is 1. The van der Waals surface area contributed by atoms with Gasteiger partial charge in [-0.15, -0.1) is 0 Å². The summed E-state index contributed by atoms with van der Waals surface area (Å²) in [6.07, 6.45) is 0. The standard InChI is InChI=1S/C15H14BrN3O2/c1-20-12-7-6-9(16)8-11(12)19-10-4-3-5-13(21-2)14(10)18-15(19)17/h3-8H,1-2H3,(H2,17,18). The molecule has 0 aliphatic carbocycles. The molecule has 1 heterocycles. The van der Waals surface area contributed by atoms with E-state index in [9.17, 15) is 0 Å². The third-order valence-corrected chi connectivity index (χ3v) is 3.77. The maximum Gasteiger partial charge on any atom is 0.206 e. The van der Waals surface area contributed by atoms with Crippen LogP contribution in [0.2, 0.25) is 0 Å².